The second-order valence-corrected chi connectivity index (χ2v) is 9.07. The van der Waals surface area contributed by atoms with Crippen LogP contribution in [0.25, 0.3) is 16.7 Å². The van der Waals surface area contributed by atoms with E-state index in [0.29, 0.717) is 29.9 Å². The molecule has 0 radical (unpaired) electrons. The average molecular weight is 497 g/mol. The van der Waals surface area contributed by atoms with Gasteiger partial charge in [-0.15, -0.1) is 0 Å². The smallest absolute Gasteiger partial charge is 0.295 e. The fourth-order valence-electron chi connectivity index (χ4n) is 4.78. The van der Waals surface area contributed by atoms with E-state index in [-0.39, 0.29) is 23.6 Å². The van der Waals surface area contributed by atoms with Gasteiger partial charge in [0.1, 0.15) is 17.3 Å². The summed E-state index contributed by atoms with van der Waals surface area (Å²) < 4.78 is 5.62. The van der Waals surface area contributed by atoms with Gasteiger partial charge in [-0.2, -0.15) is 0 Å². The van der Waals surface area contributed by atoms with Gasteiger partial charge < -0.3 is 24.8 Å². The molecule has 0 bridgehead atoms. The van der Waals surface area contributed by atoms with Gasteiger partial charge >= 0.3 is 0 Å². The molecule has 188 valence electrons. The van der Waals surface area contributed by atoms with Crippen LogP contribution in [0.1, 0.15) is 36.1 Å². The Balaban J connectivity index is 1.51. The van der Waals surface area contributed by atoms with Gasteiger partial charge in [0.15, 0.2) is 0 Å². The molecule has 1 amide bonds. The first kappa shape index (κ1) is 24.2. The van der Waals surface area contributed by atoms with Gasteiger partial charge in [-0.05, 0) is 66.4 Å². The summed E-state index contributed by atoms with van der Waals surface area (Å²) in [5.41, 5.74) is 3.10. The van der Waals surface area contributed by atoms with Crippen LogP contribution in [-0.4, -0.2) is 44.9 Å². The van der Waals surface area contributed by atoms with Crippen molar-refractivity contribution in [1.82, 2.24) is 9.88 Å². The first-order valence-electron chi connectivity index (χ1n) is 12.3. The fourth-order valence-corrected chi connectivity index (χ4v) is 4.78. The number of para-hydroxylation sites is 1. The van der Waals surface area contributed by atoms with Crippen LogP contribution in [0.3, 0.4) is 0 Å². The number of nitrogens with zero attached hydrogens (tertiary/aromatic N) is 1. The lowest BCUT2D eigenvalue weighted by atomic mass is 9.95. The van der Waals surface area contributed by atoms with Gasteiger partial charge in [0, 0.05) is 29.2 Å². The van der Waals surface area contributed by atoms with Crippen molar-refractivity contribution in [3.8, 4) is 11.5 Å². The molecule has 4 aromatic rings. The van der Waals surface area contributed by atoms with Gasteiger partial charge in [-0.1, -0.05) is 37.3 Å². The Kier molecular flexibility index (Phi) is 6.68. The predicted molar refractivity (Wildman–Crippen MR) is 141 cm³/mol. The highest BCUT2D eigenvalue weighted by molar-refractivity contribution is 6.46. The van der Waals surface area contributed by atoms with Gasteiger partial charge in [-0.3, -0.25) is 9.59 Å². The highest BCUT2D eigenvalue weighted by Gasteiger charge is 2.45. The molecule has 0 saturated carbocycles. The maximum atomic E-state index is 13.3. The lowest BCUT2D eigenvalue weighted by Gasteiger charge is -2.25. The predicted octanol–water partition coefficient (Wildman–Crippen LogP) is 5.33. The Hall–Kier alpha value is -4.52. The number of aromatic hydroxyl groups is 1. The number of aromatic nitrogens is 1. The van der Waals surface area contributed by atoms with Crippen molar-refractivity contribution >= 4 is 28.4 Å². The second-order valence-electron chi connectivity index (χ2n) is 9.07. The number of carbonyl (C=O) groups is 2. The number of rotatable bonds is 8. The number of nitrogens with one attached hydrogen (secondary N) is 1. The number of fused-ring (bicyclic) bond motifs is 1. The summed E-state index contributed by atoms with van der Waals surface area (Å²) in [4.78, 5) is 31.3. The van der Waals surface area contributed by atoms with E-state index in [2.05, 4.69) is 4.98 Å². The van der Waals surface area contributed by atoms with Crippen molar-refractivity contribution in [1.29, 1.82) is 0 Å². The van der Waals surface area contributed by atoms with Crippen LogP contribution < -0.4 is 4.74 Å². The number of ether oxygens (including phenoxy) is 1. The van der Waals surface area contributed by atoms with Gasteiger partial charge in [0.05, 0.1) is 18.2 Å². The zero-order valence-corrected chi connectivity index (χ0v) is 20.5. The Bertz CT molecular complexity index is 1470. The molecule has 0 aliphatic carbocycles. The number of Topliss-reactive ketones (excluding diaryl/α,β-unsaturated/α-hetero) is 1. The normalized spacial score (nSPS) is 17.0. The highest BCUT2D eigenvalue weighted by atomic mass is 16.5. The number of phenols is 1. The van der Waals surface area contributed by atoms with Crippen LogP contribution in [0, 0.1) is 0 Å². The Morgan fingerprint density at radius 3 is 2.46 bits per heavy atom. The molecule has 7 heteroatoms. The number of aliphatic hydroxyl groups excluding tert-OH is 1. The number of hydrogen-bond acceptors (Lipinski definition) is 5. The number of phenolic OH excluding ortho intramolecular Hbond substituents is 1. The number of carbonyl (C=O) groups excluding carboxylic acids is 2. The maximum absolute atomic E-state index is 13.3. The molecule has 1 atom stereocenters. The van der Waals surface area contributed by atoms with Crippen molar-refractivity contribution in [3.63, 3.8) is 0 Å². The molecule has 1 aromatic heterocycles. The molecule has 1 aliphatic heterocycles. The molecule has 1 fully saturated rings. The van der Waals surface area contributed by atoms with Crippen LogP contribution >= 0.6 is 0 Å². The Morgan fingerprint density at radius 1 is 1.00 bits per heavy atom. The van der Waals surface area contributed by atoms with E-state index in [4.69, 9.17) is 4.74 Å². The van der Waals surface area contributed by atoms with Crippen molar-refractivity contribution in [2.24, 2.45) is 0 Å². The summed E-state index contributed by atoms with van der Waals surface area (Å²) in [6.07, 6.45) is 3.31. The molecule has 0 spiro atoms. The molecule has 37 heavy (non-hydrogen) atoms. The lowest BCUT2D eigenvalue weighted by Crippen LogP contribution is -2.31. The van der Waals surface area contributed by atoms with Crippen LogP contribution in [0.5, 0.6) is 11.5 Å². The number of likely N-dealkylation sites (tertiary alicyclic amines) is 1. The molecular formula is C30H28N2O5. The first-order chi connectivity index (χ1) is 18.0. The number of aromatic amines is 1. The van der Waals surface area contributed by atoms with E-state index in [9.17, 15) is 19.8 Å². The number of benzene rings is 3. The van der Waals surface area contributed by atoms with Crippen LogP contribution in [0.4, 0.5) is 0 Å². The third kappa shape index (κ3) is 4.68. The fraction of sp³-hybridized carbons (Fsp3) is 0.200. The minimum absolute atomic E-state index is 0.0249. The van der Waals surface area contributed by atoms with Crippen molar-refractivity contribution in [2.75, 3.05) is 13.2 Å². The Morgan fingerprint density at radius 2 is 1.73 bits per heavy atom. The first-order valence-corrected chi connectivity index (χ1v) is 12.3. The standard InChI is InChI=1S/C30H28N2O5/c1-2-17-37-23-13-9-20(10-14-23)28(34)26-27(19-7-11-22(33)12-8-19)32(30(36)29(26)35)16-15-21-18-31-25-6-4-3-5-24(21)25/h3-14,18,27,31,33-34H,2,15-17H2,1H3/b28-26+. The Labute approximate surface area is 214 Å². The molecule has 5 rings (SSSR count). The highest BCUT2D eigenvalue weighted by Crippen LogP contribution is 2.40. The molecule has 3 aromatic carbocycles. The topological polar surface area (TPSA) is 103 Å². The molecule has 2 heterocycles. The van der Waals surface area contributed by atoms with Crippen LogP contribution in [0.2, 0.25) is 0 Å². The average Bonchev–Trinajstić information content (AvgIpc) is 3.45. The van der Waals surface area contributed by atoms with Gasteiger partial charge in [0.2, 0.25) is 0 Å². The number of aliphatic hydroxyl groups is 1. The zero-order chi connectivity index (χ0) is 25.9. The number of hydrogen-bond donors (Lipinski definition) is 3. The van der Waals surface area contributed by atoms with Crippen molar-refractivity contribution in [3.05, 3.63) is 101 Å². The number of amides is 1. The SMILES string of the molecule is CCCOc1ccc(/C(O)=C2\C(=O)C(=O)N(CCc3c[nH]c4ccccc34)C2c2ccc(O)cc2)cc1. The summed E-state index contributed by atoms with van der Waals surface area (Å²) in [7, 11) is 0. The van der Waals surface area contributed by atoms with Crippen molar-refractivity contribution in [2.45, 2.75) is 25.8 Å². The maximum Gasteiger partial charge on any atom is 0.295 e. The number of H-pyrrole nitrogens is 1. The molecule has 1 unspecified atom stereocenters. The second kappa shape index (κ2) is 10.2. The lowest BCUT2D eigenvalue weighted by molar-refractivity contribution is -0.139. The van der Waals surface area contributed by atoms with E-state index >= 15 is 0 Å². The molecule has 3 N–H and O–H groups in total. The zero-order valence-electron chi connectivity index (χ0n) is 20.5. The number of ketones is 1. The largest absolute Gasteiger partial charge is 0.508 e. The summed E-state index contributed by atoms with van der Waals surface area (Å²) in [6, 6.07) is 20.3. The third-order valence-electron chi connectivity index (χ3n) is 6.65. The molecule has 1 aliphatic rings. The third-order valence-corrected chi connectivity index (χ3v) is 6.65. The van der Waals surface area contributed by atoms with Crippen LogP contribution in [-0.2, 0) is 16.0 Å². The minimum Gasteiger partial charge on any atom is -0.508 e. The minimum atomic E-state index is -0.790. The van der Waals surface area contributed by atoms with E-state index in [0.717, 1.165) is 22.9 Å². The van der Waals surface area contributed by atoms with E-state index in [1.807, 2.05) is 37.4 Å². The molecular weight excluding hydrogens is 468 g/mol. The van der Waals surface area contributed by atoms with Crippen LogP contribution in [0.15, 0.2) is 84.6 Å². The molecule has 1 saturated heterocycles. The summed E-state index contributed by atoms with van der Waals surface area (Å²) in [5.74, 6) is -0.911. The summed E-state index contributed by atoms with van der Waals surface area (Å²) in [6.45, 7) is 2.87. The van der Waals surface area contributed by atoms with Gasteiger partial charge in [0.25, 0.3) is 11.7 Å². The molecule has 7 nitrogen and oxygen atoms in total. The quantitative estimate of drug-likeness (QED) is 0.174. The van der Waals surface area contributed by atoms with E-state index < -0.39 is 17.7 Å². The summed E-state index contributed by atoms with van der Waals surface area (Å²) in [5, 5.41) is 22.1. The van der Waals surface area contributed by atoms with Gasteiger partial charge in [-0.25, -0.2) is 0 Å². The van der Waals surface area contributed by atoms with E-state index in [1.54, 1.807) is 36.4 Å². The van der Waals surface area contributed by atoms with E-state index in [1.165, 1.54) is 17.0 Å². The monoisotopic (exact) mass is 496 g/mol. The summed E-state index contributed by atoms with van der Waals surface area (Å²) >= 11 is 0. The van der Waals surface area contributed by atoms with Crippen molar-refractivity contribution < 1.29 is 24.5 Å².